The number of furan rings is 1. The first-order chi connectivity index (χ1) is 14.0. The van der Waals surface area contributed by atoms with Crippen molar-refractivity contribution in [3.8, 4) is 5.75 Å². The Morgan fingerprint density at radius 3 is 2.48 bits per heavy atom. The number of phenols is 1. The number of Topliss-reactive ketones (excluding diaryl/α,β-unsaturated/α-hetero) is 1. The predicted molar refractivity (Wildman–Crippen MR) is 101 cm³/mol. The molecule has 1 aromatic heterocycles. The second-order valence-electron chi connectivity index (χ2n) is 6.61. The van der Waals surface area contributed by atoms with Crippen LogP contribution in [0.2, 0.25) is 0 Å². The molecule has 6 nitrogen and oxygen atoms in total. The molecule has 3 aromatic rings. The molecule has 1 fully saturated rings. The molecule has 1 amide bonds. The number of aromatic hydroxyl groups is 1. The Kier molecular flexibility index (Phi) is 4.64. The summed E-state index contributed by atoms with van der Waals surface area (Å²) in [6.45, 7) is -0.00189. The highest BCUT2D eigenvalue weighted by Crippen LogP contribution is 2.41. The molecule has 1 unspecified atom stereocenters. The first kappa shape index (κ1) is 18.5. The number of benzene rings is 2. The first-order valence-corrected chi connectivity index (χ1v) is 8.81. The fourth-order valence-electron chi connectivity index (χ4n) is 3.42. The highest BCUT2D eigenvalue weighted by molar-refractivity contribution is 6.46. The van der Waals surface area contributed by atoms with Crippen molar-refractivity contribution >= 4 is 17.4 Å². The SMILES string of the molecule is O=C1C(=O)N(Cc2ccco2)C(c2cccc(O)c2)/C1=C(/O)c1ccc(F)cc1. The van der Waals surface area contributed by atoms with E-state index in [1.807, 2.05) is 0 Å². The van der Waals surface area contributed by atoms with Gasteiger partial charge in [0.2, 0.25) is 0 Å². The van der Waals surface area contributed by atoms with Gasteiger partial charge in [-0.25, -0.2) is 4.39 Å². The number of ketones is 1. The number of hydrogen-bond donors (Lipinski definition) is 2. The quantitative estimate of drug-likeness (QED) is 0.400. The van der Waals surface area contributed by atoms with Crippen LogP contribution >= 0.6 is 0 Å². The van der Waals surface area contributed by atoms with Gasteiger partial charge in [-0.05, 0) is 54.1 Å². The Labute approximate surface area is 165 Å². The molecule has 2 aromatic carbocycles. The fourth-order valence-corrected chi connectivity index (χ4v) is 3.42. The molecule has 1 aliphatic rings. The van der Waals surface area contributed by atoms with E-state index in [-0.39, 0.29) is 23.4 Å². The summed E-state index contributed by atoms with van der Waals surface area (Å²) in [5.41, 5.74) is 0.505. The van der Waals surface area contributed by atoms with Crippen molar-refractivity contribution in [2.24, 2.45) is 0 Å². The number of rotatable bonds is 4. The van der Waals surface area contributed by atoms with Crippen LogP contribution in [0.5, 0.6) is 5.75 Å². The van der Waals surface area contributed by atoms with Gasteiger partial charge in [0, 0.05) is 5.56 Å². The number of amides is 1. The van der Waals surface area contributed by atoms with Crippen LogP contribution in [0.25, 0.3) is 5.76 Å². The van der Waals surface area contributed by atoms with Gasteiger partial charge < -0.3 is 19.5 Å². The molecule has 1 aliphatic heterocycles. The van der Waals surface area contributed by atoms with E-state index in [1.54, 1.807) is 24.3 Å². The Balaban J connectivity index is 1.87. The summed E-state index contributed by atoms with van der Waals surface area (Å²) < 4.78 is 18.6. The number of likely N-dealkylation sites (tertiary alicyclic amines) is 1. The smallest absolute Gasteiger partial charge is 0.296 e. The van der Waals surface area contributed by atoms with Crippen molar-refractivity contribution in [1.82, 2.24) is 4.90 Å². The Bertz CT molecular complexity index is 1100. The standard InChI is InChI=1S/C22H16FNO5/c23-15-8-6-13(7-9-15)20(26)18-19(14-3-1-4-16(25)11-14)24(22(28)21(18)27)12-17-5-2-10-29-17/h1-11,19,25-26H,12H2/b20-18-. The number of aliphatic hydroxyl groups excluding tert-OH is 1. The summed E-state index contributed by atoms with van der Waals surface area (Å²) in [7, 11) is 0. The fraction of sp³-hybridized carbons (Fsp3) is 0.0909. The number of carbonyl (C=O) groups is 2. The normalized spacial score (nSPS) is 18.4. The Morgan fingerprint density at radius 1 is 1.07 bits per heavy atom. The molecule has 0 aliphatic carbocycles. The first-order valence-electron chi connectivity index (χ1n) is 8.81. The molecular weight excluding hydrogens is 377 g/mol. The second kappa shape index (κ2) is 7.27. The molecule has 4 rings (SSSR count). The van der Waals surface area contributed by atoms with Gasteiger partial charge in [-0.1, -0.05) is 12.1 Å². The van der Waals surface area contributed by atoms with Crippen LogP contribution in [0.3, 0.4) is 0 Å². The third-order valence-electron chi connectivity index (χ3n) is 4.75. The lowest BCUT2D eigenvalue weighted by Crippen LogP contribution is -2.29. The van der Waals surface area contributed by atoms with E-state index in [4.69, 9.17) is 4.42 Å². The van der Waals surface area contributed by atoms with E-state index in [9.17, 15) is 24.2 Å². The van der Waals surface area contributed by atoms with Crippen LogP contribution in [0.15, 0.2) is 76.9 Å². The van der Waals surface area contributed by atoms with E-state index in [0.29, 0.717) is 11.3 Å². The summed E-state index contributed by atoms with van der Waals surface area (Å²) in [6.07, 6.45) is 1.45. The summed E-state index contributed by atoms with van der Waals surface area (Å²) in [6, 6.07) is 13.4. The lowest BCUT2D eigenvalue weighted by atomic mass is 9.95. The molecule has 146 valence electrons. The Hall–Kier alpha value is -3.87. The number of hydrogen-bond acceptors (Lipinski definition) is 5. The zero-order valence-electron chi connectivity index (χ0n) is 15.1. The van der Waals surface area contributed by atoms with Crippen molar-refractivity contribution < 1.29 is 28.6 Å². The average molecular weight is 393 g/mol. The lowest BCUT2D eigenvalue weighted by molar-refractivity contribution is -0.140. The van der Waals surface area contributed by atoms with Crippen LogP contribution in [-0.2, 0) is 16.1 Å². The van der Waals surface area contributed by atoms with Gasteiger partial charge in [0.1, 0.15) is 23.1 Å². The van der Waals surface area contributed by atoms with Crippen molar-refractivity contribution in [3.63, 3.8) is 0 Å². The second-order valence-corrected chi connectivity index (χ2v) is 6.61. The molecule has 1 saturated heterocycles. The van der Waals surface area contributed by atoms with E-state index >= 15 is 0 Å². The van der Waals surface area contributed by atoms with Crippen molar-refractivity contribution in [3.05, 3.63) is 95.2 Å². The van der Waals surface area contributed by atoms with Gasteiger partial charge in [-0.2, -0.15) is 0 Å². The molecule has 7 heteroatoms. The molecule has 2 heterocycles. The summed E-state index contributed by atoms with van der Waals surface area (Å²) in [5, 5.41) is 20.7. The zero-order chi connectivity index (χ0) is 20.5. The molecule has 0 radical (unpaired) electrons. The topological polar surface area (TPSA) is 91.0 Å². The van der Waals surface area contributed by atoms with Crippen molar-refractivity contribution in [1.29, 1.82) is 0 Å². The number of halogens is 1. The number of carbonyl (C=O) groups excluding carboxylic acids is 2. The molecule has 1 atom stereocenters. The summed E-state index contributed by atoms with van der Waals surface area (Å²) in [4.78, 5) is 26.9. The number of aliphatic hydroxyl groups is 1. The Morgan fingerprint density at radius 2 is 1.83 bits per heavy atom. The number of phenolic OH excluding ortho intramolecular Hbond substituents is 1. The minimum atomic E-state index is -0.947. The van der Waals surface area contributed by atoms with Crippen LogP contribution < -0.4 is 0 Å². The third kappa shape index (κ3) is 3.38. The maximum Gasteiger partial charge on any atom is 0.296 e. The third-order valence-corrected chi connectivity index (χ3v) is 4.75. The van der Waals surface area contributed by atoms with E-state index in [2.05, 4.69) is 0 Å². The van der Waals surface area contributed by atoms with Crippen LogP contribution in [0.4, 0.5) is 4.39 Å². The van der Waals surface area contributed by atoms with Gasteiger partial charge >= 0.3 is 0 Å². The largest absolute Gasteiger partial charge is 0.508 e. The highest BCUT2D eigenvalue weighted by Gasteiger charge is 2.46. The van der Waals surface area contributed by atoms with Crippen LogP contribution in [-0.4, -0.2) is 26.8 Å². The predicted octanol–water partition coefficient (Wildman–Crippen LogP) is 3.75. The molecule has 0 saturated carbocycles. The van der Waals surface area contributed by atoms with Gasteiger partial charge in [-0.15, -0.1) is 0 Å². The number of nitrogens with zero attached hydrogens (tertiary/aromatic N) is 1. The van der Waals surface area contributed by atoms with Gasteiger partial charge in [0.25, 0.3) is 11.7 Å². The van der Waals surface area contributed by atoms with Crippen LogP contribution in [0.1, 0.15) is 22.9 Å². The highest BCUT2D eigenvalue weighted by atomic mass is 19.1. The van der Waals surface area contributed by atoms with Crippen molar-refractivity contribution in [2.45, 2.75) is 12.6 Å². The maximum absolute atomic E-state index is 13.3. The zero-order valence-corrected chi connectivity index (χ0v) is 15.1. The molecule has 0 spiro atoms. The molecule has 2 N–H and O–H groups in total. The van der Waals surface area contributed by atoms with Crippen molar-refractivity contribution in [2.75, 3.05) is 0 Å². The van der Waals surface area contributed by atoms with E-state index < -0.39 is 29.3 Å². The maximum atomic E-state index is 13.3. The molecular formula is C22H16FNO5. The van der Waals surface area contributed by atoms with E-state index in [1.165, 1.54) is 35.4 Å². The lowest BCUT2D eigenvalue weighted by Gasteiger charge is -2.24. The van der Waals surface area contributed by atoms with E-state index in [0.717, 1.165) is 12.1 Å². The van der Waals surface area contributed by atoms with Crippen LogP contribution in [0, 0.1) is 5.82 Å². The average Bonchev–Trinajstić information content (AvgIpc) is 3.30. The summed E-state index contributed by atoms with van der Waals surface area (Å²) >= 11 is 0. The van der Waals surface area contributed by atoms with Gasteiger partial charge in [0.05, 0.1) is 24.4 Å². The molecule has 0 bridgehead atoms. The minimum Gasteiger partial charge on any atom is -0.508 e. The van der Waals surface area contributed by atoms with Gasteiger partial charge in [-0.3, -0.25) is 9.59 Å². The minimum absolute atomic E-state index is 0.00189. The monoisotopic (exact) mass is 393 g/mol. The summed E-state index contributed by atoms with van der Waals surface area (Å²) in [5.74, 6) is -2.18. The van der Waals surface area contributed by atoms with Gasteiger partial charge in [0.15, 0.2) is 0 Å². The molecule has 29 heavy (non-hydrogen) atoms.